The lowest BCUT2D eigenvalue weighted by Crippen LogP contribution is -2.36. The van der Waals surface area contributed by atoms with Crippen molar-refractivity contribution in [1.29, 1.82) is 0 Å². The number of rotatable bonds is 7. The van der Waals surface area contributed by atoms with E-state index in [0.717, 1.165) is 17.0 Å². The number of aliphatic imine (C=N–C) groups is 1. The maximum atomic E-state index is 13.7. The highest BCUT2D eigenvalue weighted by molar-refractivity contribution is 14.0. The molecule has 3 rings (SSSR count). The number of guanidine groups is 1. The Kier molecular flexibility index (Phi) is 9.36. The van der Waals surface area contributed by atoms with E-state index in [1.807, 2.05) is 48.5 Å². The van der Waals surface area contributed by atoms with Crippen LogP contribution in [0.1, 0.15) is 16.8 Å². The van der Waals surface area contributed by atoms with Crippen LogP contribution in [0.25, 0.3) is 0 Å². The van der Waals surface area contributed by atoms with Gasteiger partial charge in [-0.2, -0.15) is 0 Å². The highest BCUT2D eigenvalue weighted by Crippen LogP contribution is 2.14. The third-order valence-electron chi connectivity index (χ3n) is 4.10. The van der Waals surface area contributed by atoms with Crippen LogP contribution in [0.3, 0.4) is 0 Å². The Morgan fingerprint density at radius 2 is 1.79 bits per heavy atom. The van der Waals surface area contributed by atoms with Gasteiger partial charge in [-0.05, 0) is 35.9 Å². The van der Waals surface area contributed by atoms with E-state index < -0.39 is 0 Å². The van der Waals surface area contributed by atoms with Crippen molar-refractivity contribution in [2.45, 2.75) is 19.7 Å². The summed E-state index contributed by atoms with van der Waals surface area (Å²) in [5.41, 5.74) is 2.52. The summed E-state index contributed by atoms with van der Waals surface area (Å²) in [6, 6.07) is 20.3. The molecule has 7 heteroatoms. The fourth-order valence-corrected chi connectivity index (χ4v) is 2.61. The Hall–Kier alpha value is -2.68. The van der Waals surface area contributed by atoms with E-state index in [-0.39, 0.29) is 29.8 Å². The Balaban J connectivity index is 0.00000300. The van der Waals surface area contributed by atoms with Gasteiger partial charge in [0, 0.05) is 31.9 Å². The molecule has 0 amide bonds. The Bertz CT molecular complexity index is 921. The Labute approximate surface area is 187 Å². The van der Waals surface area contributed by atoms with Crippen LogP contribution in [0.4, 0.5) is 4.39 Å². The molecule has 0 atom stereocenters. The summed E-state index contributed by atoms with van der Waals surface area (Å²) in [5, 5.41) is 6.34. The molecule has 0 unspecified atom stereocenters. The molecule has 3 aromatic rings. The molecule has 0 radical (unpaired) electrons. The summed E-state index contributed by atoms with van der Waals surface area (Å²) < 4.78 is 19.5. The average molecular weight is 506 g/mol. The van der Waals surface area contributed by atoms with Crippen molar-refractivity contribution in [3.63, 3.8) is 0 Å². The molecule has 29 heavy (non-hydrogen) atoms. The van der Waals surface area contributed by atoms with Crippen molar-refractivity contribution in [2.75, 3.05) is 7.05 Å². The third-order valence-corrected chi connectivity index (χ3v) is 4.10. The standard InChI is InChI=1S/C22H23FN4O.HI/c1-24-22(27-15-18-8-2-3-11-21(18)23)26-14-17-7-6-10-20(13-17)28-16-19-9-4-5-12-25-19;/h2-13H,14-16H2,1H3,(H2,24,26,27);1H. The van der Waals surface area contributed by atoms with Crippen molar-refractivity contribution >= 4 is 29.9 Å². The second-order valence-corrected chi connectivity index (χ2v) is 6.13. The highest BCUT2D eigenvalue weighted by atomic mass is 127. The first-order chi connectivity index (χ1) is 13.7. The van der Waals surface area contributed by atoms with E-state index in [1.165, 1.54) is 6.07 Å². The lowest BCUT2D eigenvalue weighted by atomic mass is 10.2. The summed E-state index contributed by atoms with van der Waals surface area (Å²) >= 11 is 0. The molecule has 0 saturated heterocycles. The minimum Gasteiger partial charge on any atom is -0.487 e. The zero-order valence-corrected chi connectivity index (χ0v) is 18.5. The van der Waals surface area contributed by atoms with Gasteiger partial charge in [0.25, 0.3) is 0 Å². The zero-order chi connectivity index (χ0) is 19.6. The molecule has 2 N–H and O–H groups in total. The molecule has 2 aromatic carbocycles. The molecular weight excluding hydrogens is 482 g/mol. The van der Waals surface area contributed by atoms with Crippen molar-refractivity contribution in [2.24, 2.45) is 4.99 Å². The molecule has 0 fully saturated rings. The number of benzene rings is 2. The van der Waals surface area contributed by atoms with E-state index in [1.54, 1.807) is 25.4 Å². The molecule has 0 aliphatic rings. The zero-order valence-electron chi connectivity index (χ0n) is 16.1. The van der Waals surface area contributed by atoms with Crippen LogP contribution >= 0.6 is 24.0 Å². The van der Waals surface area contributed by atoms with Gasteiger partial charge in [-0.15, -0.1) is 24.0 Å². The van der Waals surface area contributed by atoms with Crippen molar-refractivity contribution in [1.82, 2.24) is 15.6 Å². The predicted octanol–water partition coefficient (Wildman–Crippen LogP) is 4.28. The molecule has 0 saturated carbocycles. The minimum atomic E-state index is -0.233. The molecule has 152 valence electrons. The van der Waals surface area contributed by atoms with Gasteiger partial charge in [-0.3, -0.25) is 9.98 Å². The molecular formula is C22H24FIN4O. The summed E-state index contributed by atoms with van der Waals surface area (Å²) in [6.07, 6.45) is 1.75. The number of hydrogen-bond acceptors (Lipinski definition) is 3. The SMILES string of the molecule is CN=C(NCc1cccc(OCc2ccccn2)c1)NCc1ccccc1F.I. The van der Waals surface area contributed by atoms with Crippen LogP contribution in [-0.2, 0) is 19.7 Å². The first-order valence-corrected chi connectivity index (χ1v) is 9.04. The lowest BCUT2D eigenvalue weighted by Gasteiger charge is -2.13. The number of aromatic nitrogens is 1. The number of ether oxygens (including phenoxy) is 1. The number of halogens is 2. The average Bonchev–Trinajstić information content (AvgIpc) is 2.74. The van der Waals surface area contributed by atoms with Gasteiger partial charge in [0.05, 0.1) is 5.69 Å². The van der Waals surface area contributed by atoms with E-state index >= 15 is 0 Å². The van der Waals surface area contributed by atoms with Crippen LogP contribution in [-0.4, -0.2) is 18.0 Å². The van der Waals surface area contributed by atoms with Gasteiger partial charge >= 0.3 is 0 Å². The van der Waals surface area contributed by atoms with Gasteiger partial charge in [0.1, 0.15) is 18.2 Å². The van der Waals surface area contributed by atoms with E-state index in [0.29, 0.717) is 31.2 Å². The quantitative estimate of drug-likeness (QED) is 0.286. The van der Waals surface area contributed by atoms with E-state index in [4.69, 9.17) is 4.74 Å². The van der Waals surface area contributed by atoms with E-state index in [2.05, 4.69) is 20.6 Å². The Morgan fingerprint density at radius 1 is 1.00 bits per heavy atom. The van der Waals surface area contributed by atoms with Gasteiger partial charge in [-0.25, -0.2) is 4.39 Å². The summed E-state index contributed by atoms with van der Waals surface area (Å²) in [4.78, 5) is 8.43. The molecule has 1 heterocycles. The number of pyridine rings is 1. The van der Waals surface area contributed by atoms with Crippen LogP contribution in [0.5, 0.6) is 5.75 Å². The number of nitrogens with zero attached hydrogens (tertiary/aromatic N) is 2. The van der Waals surface area contributed by atoms with E-state index in [9.17, 15) is 4.39 Å². The predicted molar refractivity (Wildman–Crippen MR) is 124 cm³/mol. The fourth-order valence-electron chi connectivity index (χ4n) is 2.61. The summed E-state index contributed by atoms with van der Waals surface area (Å²) in [6.45, 7) is 1.35. The van der Waals surface area contributed by atoms with Crippen molar-refractivity contribution in [3.8, 4) is 5.75 Å². The largest absolute Gasteiger partial charge is 0.487 e. The van der Waals surface area contributed by atoms with Gasteiger partial charge in [-0.1, -0.05) is 36.4 Å². The summed E-state index contributed by atoms with van der Waals surface area (Å²) in [7, 11) is 1.68. The normalized spacial score (nSPS) is 10.8. The van der Waals surface area contributed by atoms with Crippen LogP contribution < -0.4 is 15.4 Å². The second kappa shape index (κ2) is 12.0. The maximum Gasteiger partial charge on any atom is 0.191 e. The van der Waals surface area contributed by atoms with Crippen LogP contribution in [0.2, 0.25) is 0 Å². The Morgan fingerprint density at radius 3 is 2.55 bits per heavy atom. The van der Waals surface area contributed by atoms with Crippen molar-refractivity contribution < 1.29 is 9.13 Å². The van der Waals surface area contributed by atoms with Gasteiger partial charge in [0.15, 0.2) is 5.96 Å². The highest BCUT2D eigenvalue weighted by Gasteiger charge is 2.04. The minimum absolute atomic E-state index is 0. The molecule has 5 nitrogen and oxygen atoms in total. The first kappa shape index (κ1) is 22.6. The molecule has 0 aliphatic heterocycles. The molecule has 0 bridgehead atoms. The molecule has 1 aromatic heterocycles. The number of nitrogens with one attached hydrogen (secondary N) is 2. The second-order valence-electron chi connectivity index (χ2n) is 6.13. The fraction of sp³-hybridized carbons (Fsp3) is 0.182. The molecule has 0 spiro atoms. The summed E-state index contributed by atoms with van der Waals surface area (Å²) in [5.74, 6) is 1.14. The molecule has 0 aliphatic carbocycles. The monoisotopic (exact) mass is 506 g/mol. The number of hydrogen-bond donors (Lipinski definition) is 2. The third kappa shape index (κ3) is 7.34. The van der Waals surface area contributed by atoms with Crippen LogP contribution in [0.15, 0.2) is 77.9 Å². The van der Waals surface area contributed by atoms with Gasteiger partial charge < -0.3 is 15.4 Å². The van der Waals surface area contributed by atoms with Crippen molar-refractivity contribution in [3.05, 3.63) is 95.6 Å². The topological polar surface area (TPSA) is 58.5 Å². The maximum absolute atomic E-state index is 13.7. The smallest absolute Gasteiger partial charge is 0.191 e. The van der Waals surface area contributed by atoms with Gasteiger partial charge in [0.2, 0.25) is 0 Å². The lowest BCUT2D eigenvalue weighted by molar-refractivity contribution is 0.301. The van der Waals surface area contributed by atoms with Crippen LogP contribution in [0, 0.1) is 5.82 Å². The first-order valence-electron chi connectivity index (χ1n) is 9.04.